The SMILES string of the molecule is Fc1cc(OC(F)(F)C2CCC(C3CCC(CCC4CC4)CC3)CC2)cc(F)c1F. The molecule has 3 fully saturated rings. The number of halogens is 5. The summed E-state index contributed by atoms with van der Waals surface area (Å²) in [6.45, 7) is 0. The van der Waals surface area contributed by atoms with Gasteiger partial charge in [-0.25, -0.2) is 13.2 Å². The highest BCUT2D eigenvalue weighted by molar-refractivity contribution is 5.25. The van der Waals surface area contributed by atoms with Gasteiger partial charge in [-0.05, 0) is 62.2 Å². The average Bonchev–Trinajstić information content (AvgIpc) is 3.55. The first-order chi connectivity index (χ1) is 14.3. The van der Waals surface area contributed by atoms with Gasteiger partial charge in [0.1, 0.15) is 5.75 Å². The van der Waals surface area contributed by atoms with Gasteiger partial charge >= 0.3 is 6.11 Å². The summed E-state index contributed by atoms with van der Waals surface area (Å²) < 4.78 is 73.4. The van der Waals surface area contributed by atoms with Crippen molar-refractivity contribution in [3.8, 4) is 5.75 Å². The molecule has 168 valence electrons. The molecule has 0 heterocycles. The Labute approximate surface area is 175 Å². The number of alkyl halides is 2. The van der Waals surface area contributed by atoms with E-state index in [-0.39, 0.29) is 0 Å². The van der Waals surface area contributed by atoms with Crippen molar-refractivity contribution in [2.24, 2.45) is 29.6 Å². The summed E-state index contributed by atoms with van der Waals surface area (Å²) in [6, 6.07) is 0.944. The van der Waals surface area contributed by atoms with E-state index in [4.69, 9.17) is 0 Å². The molecule has 0 saturated heterocycles. The van der Waals surface area contributed by atoms with Crippen LogP contribution in [0, 0.1) is 47.0 Å². The summed E-state index contributed by atoms with van der Waals surface area (Å²) >= 11 is 0. The molecular weight excluding hydrogens is 399 g/mol. The van der Waals surface area contributed by atoms with E-state index in [1.165, 1.54) is 51.4 Å². The Bertz CT molecular complexity index is 693. The quantitative estimate of drug-likeness (QED) is 0.316. The number of benzene rings is 1. The molecule has 0 aliphatic heterocycles. The van der Waals surface area contributed by atoms with E-state index in [2.05, 4.69) is 4.74 Å². The van der Waals surface area contributed by atoms with Crippen LogP contribution < -0.4 is 4.74 Å². The van der Waals surface area contributed by atoms with E-state index < -0.39 is 35.2 Å². The Morgan fingerprint density at radius 1 is 0.700 bits per heavy atom. The fraction of sp³-hybridized carbons (Fsp3) is 0.750. The minimum absolute atomic E-state index is 0.339. The van der Waals surface area contributed by atoms with E-state index in [1.807, 2.05) is 0 Å². The van der Waals surface area contributed by atoms with Crippen LogP contribution >= 0.6 is 0 Å². The highest BCUT2D eigenvalue weighted by Crippen LogP contribution is 2.46. The molecule has 0 spiro atoms. The van der Waals surface area contributed by atoms with Gasteiger partial charge in [0.25, 0.3) is 0 Å². The molecule has 0 N–H and O–H groups in total. The monoisotopic (exact) mass is 430 g/mol. The van der Waals surface area contributed by atoms with Crippen molar-refractivity contribution in [1.29, 1.82) is 0 Å². The van der Waals surface area contributed by atoms with Crippen molar-refractivity contribution >= 4 is 0 Å². The molecule has 1 aromatic carbocycles. The lowest BCUT2D eigenvalue weighted by atomic mass is 9.68. The number of hydrogen-bond donors (Lipinski definition) is 0. The zero-order valence-electron chi connectivity index (χ0n) is 17.3. The van der Waals surface area contributed by atoms with Gasteiger partial charge in [0.05, 0.1) is 5.92 Å². The van der Waals surface area contributed by atoms with Crippen LogP contribution in [0.4, 0.5) is 22.0 Å². The van der Waals surface area contributed by atoms with E-state index in [1.54, 1.807) is 0 Å². The van der Waals surface area contributed by atoms with Gasteiger partial charge in [-0.2, -0.15) is 8.78 Å². The maximum atomic E-state index is 14.6. The van der Waals surface area contributed by atoms with Crippen LogP contribution in [0.25, 0.3) is 0 Å². The van der Waals surface area contributed by atoms with Crippen molar-refractivity contribution in [1.82, 2.24) is 0 Å². The standard InChI is InChI=1S/C24H31F5O/c25-21-13-20(14-22(26)23(21)27)30-24(28,29)19-11-9-18(10-12-19)17-7-5-16(6-8-17)4-3-15-1-2-15/h13-19H,1-12H2. The average molecular weight is 431 g/mol. The number of ether oxygens (including phenoxy) is 1. The third-order valence-corrected chi connectivity index (χ3v) is 7.70. The third kappa shape index (κ3) is 5.28. The molecule has 30 heavy (non-hydrogen) atoms. The first kappa shape index (κ1) is 21.9. The first-order valence-electron chi connectivity index (χ1n) is 11.5. The van der Waals surface area contributed by atoms with E-state index in [9.17, 15) is 22.0 Å². The molecule has 6 heteroatoms. The van der Waals surface area contributed by atoms with Gasteiger partial charge in [-0.1, -0.05) is 38.5 Å². The summed E-state index contributed by atoms with van der Waals surface area (Å²) in [7, 11) is 0. The van der Waals surface area contributed by atoms with Crippen molar-refractivity contribution in [3.63, 3.8) is 0 Å². The molecule has 0 amide bonds. The second-order valence-electron chi connectivity index (χ2n) is 9.78. The highest BCUT2D eigenvalue weighted by Gasteiger charge is 2.45. The summed E-state index contributed by atoms with van der Waals surface area (Å²) in [4.78, 5) is 0. The second kappa shape index (κ2) is 9.04. The Kier molecular flexibility index (Phi) is 6.59. The van der Waals surface area contributed by atoms with Crippen molar-refractivity contribution in [3.05, 3.63) is 29.6 Å². The Hall–Kier alpha value is -1.33. The number of hydrogen-bond acceptors (Lipinski definition) is 1. The normalized spacial score (nSPS) is 30.3. The molecule has 4 rings (SSSR count). The third-order valence-electron chi connectivity index (χ3n) is 7.70. The van der Waals surface area contributed by atoms with Gasteiger partial charge < -0.3 is 4.74 Å². The second-order valence-corrected chi connectivity index (χ2v) is 9.78. The maximum absolute atomic E-state index is 14.6. The Morgan fingerprint density at radius 3 is 1.60 bits per heavy atom. The highest BCUT2D eigenvalue weighted by atomic mass is 19.3. The molecule has 1 nitrogen and oxygen atoms in total. The minimum Gasteiger partial charge on any atom is -0.432 e. The van der Waals surface area contributed by atoms with E-state index in [0.29, 0.717) is 36.8 Å². The lowest BCUT2D eigenvalue weighted by Gasteiger charge is -2.39. The van der Waals surface area contributed by atoms with Gasteiger partial charge in [-0.15, -0.1) is 0 Å². The maximum Gasteiger partial charge on any atom is 0.400 e. The summed E-state index contributed by atoms with van der Waals surface area (Å²) in [5.74, 6) is -3.44. The Morgan fingerprint density at radius 2 is 1.13 bits per heavy atom. The van der Waals surface area contributed by atoms with Crippen molar-refractivity contribution < 1.29 is 26.7 Å². The minimum atomic E-state index is -3.53. The molecule has 0 radical (unpaired) electrons. The van der Waals surface area contributed by atoms with Crippen LogP contribution in [0.2, 0.25) is 0 Å². The molecule has 3 aliphatic carbocycles. The molecule has 3 aliphatic rings. The van der Waals surface area contributed by atoms with Crippen LogP contribution in [-0.2, 0) is 0 Å². The van der Waals surface area contributed by atoms with Gasteiger partial charge in [-0.3, -0.25) is 0 Å². The molecule has 1 aromatic rings. The summed E-state index contributed by atoms with van der Waals surface area (Å²) in [5.41, 5.74) is 0. The van der Waals surface area contributed by atoms with Crippen LogP contribution in [-0.4, -0.2) is 6.11 Å². The van der Waals surface area contributed by atoms with Gasteiger partial charge in [0.2, 0.25) is 0 Å². The predicted octanol–water partition coefficient (Wildman–Crippen LogP) is 7.88. The molecule has 0 aromatic heterocycles. The van der Waals surface area contributed by atoms with Crippen LogP contribution in [0.15, 0.2) is 12.1 Å². The number of rotatable bonds is 7. The predicted molar refractivity (Wildman–Crippen MR) is 105 cm³/mol. The smallest absolute Gasteiger partial charge is 0.400 e. The fourth-order valence-electron chi connectivity index (χ4n) is 5.58. The molecule has 3 saturated carbocycles. The van der Waals surface area contributed by atoms with Crippen LogP contribution in [0.5, 0.6) is 5.75 Å². The Balaban J connectivity index is 1.24. The van der Waals surface area contributed by atoms with Crippen molar-refractivity contribution in [2.45, 2.75) is 83.2 Å². The lowest BCUT2D eigenvalue weighted by molar-refractivity contribution is -0.224. The van der Waals surface area contributed by atoms with Crippen LogP contribution in [0.1, 0.15) is 77.0 Å². The van der Waals surface area contributed by atoms with E-state index in [0.717, 1.165) is 24.7 Å². The van der Waals surface area contributed by atoms with Crippen molar-refractivity contribution in [2.75, 3.05) is 0 Å². The molecular formula is C24H31F5O. The molecule has 0 unspecified atom stereocenters. The lowest BCUT2D eigenvalue weighted by Crippen LogP contribution is -2.38. The van der Waals surface area contributed by atoms with E-state index >= 15 is 0 Å². The topological polar surface area (TPSA) is 9.23 Å². The largest absolute Gasteiger partial charge is 0.432 e. The fourth-order valence-corrected chi connectivity index (χ4v) is 5.58. The van der Waals surface area contributed by atoms with Gasteiger partial charge in [0.15, 0.2) is 17.5 Å². The zero-order chi connectivity index (χ0) is 21.3. The molecule has 0 atom stereocenters. The molecule has 0 bridgehead atoms. The van der Waals surface area contributed by atoms with Crippen LogP contribution in [0.3, 0.4) is 0 Å². The summed E-state index contributed by atoms with van der Waals surface area (Å²) in [5, 5.41) is 0. The first-order valence-corrected chi connectivity index (χ1v) is 11.5. The zero-order valence-corrected chi connectivity index (χ0v) is 17.3. The van der Waals surface area contributed by atoms with Gasteiger partial charge in [0, 0.05) is 12.1 Å². The summed E-state index contributed by atoms with van der Waals surface area (Å²) in [6.07, 6.45) is 9.19.